The maximum atomic E-state index is 12.3. The Morgan fingerprint density at radius 3 is 2.95 bits per heavy atom. The number of fused-ring (bicyclic) bond motifs is 1. The fraction of sp³-hybridized carbons (Fsp3) is 0.462. The number of amides is 3. The number of urea groups is 1. The monoisotopic (exact) mass is 291 g/mol. The van der Waals surface area contributed by atoms with Gasteiger partial charge < -0.3 is 25.4 Å². The molecule has 2 saturated heterocycles. The predicted octanol–water partition coefficient (Wildman–Crippen LogP) is -1.33. The number of nitrogens with zero attached hydrogens (tertiary/aromatic N) is 3. The molecule has 0 bridgehead atoms. The zero-order valence-corrected chi connectivity index (χ0v) is 11.5. The molecule has 0 aliphatic carbocycles. The minimum Gasteiger partial charge on any atom is -0.398 e. The maximum Gasteiger partial charge on any atom is 0.317 e. The number of hydrogen-bond donors (Lipinski definition) is 2. The number of piperazine rings is 1. The zero-order valence-electron chi connectivity index (χ0n) is 11.5. The highest BCUT2D eigenvalue weighted by Gasteiger charge is 2.36. The Kier molecular flexibility index (Phi) is 3.28. The summed E-state index contributed by atoms with van der Waals surface area (Å²) in [5, 5.41) is 2.76. The molecule has 2 aliphatic rings. The minimum atomic E-state index is -0.256. The van der Waals surface area contributed by atoms with Crippen LogP contribution in [0.2, 0.25) is 0 Å². The van der Waals surface area contributed by atoms with Gasteiger partial charge in [-0.2, -0.15) is 0 Å². The van der Waals surface area contributed by atoms with Gasteiger partial charge in [0.2, 0.25) is 5.91 Å². The molecule has 2 fully saturated rings. The van der Waals surface area contributed by atoms with Crippen LogP contribution in [0.15, 0.2) is 23.1 Å². The molecule has 2 aliphatic heterocycles. The van der Waals surface area contributed by atoms with Crippen LogP contribution >= 0.6 is 0 Å². The van der Waals surface area contributed by atoms with Gasteiger partial charge in [-0.3, -0.25) is 9.59 Å². The van der Waals surface area contributed by atoms with Gasteiger partial charge in [-0.15, -0.1) is 0 Å². The number of rotatable bonds is 2. The van der Waals surface area contributed by atoms with Gasteiger partial charge in [-0.1, -0.05) is 0 Å². The molecule has 1 unspecified atom stereocenters. The summed E-state index contributed by atoms with van der Waals surface area (Å²) in [5.74, 6) is -0.137. The van der Waals surface area contributed by atoms with E-state index in [1.165, 1.54) is 22.9 Å². The third kappa shape index (κ3) is 2.56. The van der Waals surface area contributed by atoms with E-state index in [0.717, 1.165) is 0 Å². The number of carbonyl (C=O) groups excluding carboxylic acids is 2. The number of nitrogen functional groups attached to an aromatic ring is 1. The van der Waals surface area contributed by atoms with E-state index in [9.17, 15) is 14.4 Å². The Bertz CT molecular complexity index is 641. The van der Waals surface area contributed by atoms with Crippen LogP contribution in [0.25, 0.3) is 0 Å². The quantitative estimate of drug-likeness (QED) is 0.704. The van der Waals surface area contributed by atoms with Crippen LogP contribution < -0.4 is 16.6 Å². The van der Waals surface area contributed by atoms with Crippen LogP contribution in [0.3, 0.4) is 0 Å². The SMILES string of the molecule is Nc1ccc(=O)n(CC(=O)N2CCN3C(=O)NCC3C2)c1. The standard InChI is InChI=1S/C13H17N5O3/c14-9-1-2-11(19)17(6-9)8-12(20)16-3-4-18-10(7-16)5-15-13(18)21/h1-2,6,10H,3-5,7-8,14H2,(H,15,21). The molecule has 21 heavy (non-hydrogen) atoms. The Labute approximate surface area is 121 Å². The van der Waals surface area contributed by atoms with Gasteiger partial charge in [0.25, 0.3) is 5.56 Å². The van der Waals surface area contributed by atoms with E-state index >= 15 is 0 Å². The predicted molar refractivity (Wildman–Crippen MR) is 75.6 cm³/mol. The summed E-state index contributed by atoms with van der Waals surface area (Å²) in [7, 11) is 0. The van der Waals surface area contributed by atoms with Gasteiger partial charge in [-0.25, -0.2) is 4.79 Å². The van der Waals surface area contributed by atoms with Gasteiger partial charge in [0.05, 0.1) is 6.04 Å². The van der Waals surface area contributed by atoms with Crippen LogP contribution in [-0.2, 0) is 11.3 Å². The Morgan fingerprint density at radius 2 is 2.14 bits per heavy atom. The molecule has 3 heterocycles. The van der Waals surface area contributed by atoms with Crippen LogP contribution in [0.5, 0.6) is 0 Å². The summed E-state index contributed by atoms with van der Waals surface area (Å²) in [6, 6.07) is 2.81. The lowest BCUT2D eigenvalue weighted by Gasteiger charge is -2.36. The van der Waals surface area contributed by atoms with E-state index in [1.807, 2.05) is 0 Å². The number of aromatic nitrogens is 1. The normalized spacial score (nSPS) is 21.1. The number of hydrogen-bond acceptors (Lipinski definition) is 4. The number of carbonyl (C=O) groups is 2. The molecule has 8 nitrogen and oxygen atoms in total. The van der Waals surface area contributed by atoms with E-state index < -0.39 is 0 Å². The molecule has 0 aromatic carbocycles. The van der Waals surface area contributed by atoms with E-state index in [4.69, 9.17) is 5.73 Å². The number of pyridine rings is 1. The third-order valence-electron chi connectivity index (χ3n) is 3.90. The molecular formula is C13H17N5O3. The molecule has 112 valence electrons. The molecule has 1 atom stereocenters. The average Bonchev–Trinajstić information content (AvgIpc) is 2.84. The first-order chi connectivity index (χ1) is 10.0. The molecule has 3 rings (SSSR count). The molecule has 1 aromatic rings. The van der Waals surface area contributed by atoms with Gasteiger partial charge in [0.1, 0.15) is 6.54 Å². The first-order valence-corrected chi connectivity index (χ1v) is 6.83. The van der Waals surface area contributed by atoms with Crippen molar-refractivity contribution >= 4 is 17.6 Å². The zero-order chi connectivity index (χ0) is 15.0. The third-order valence-corrected chi connectivity index (χ3v) is 3.90. The highest BCUT2D eigenvalue weighted by Crippen LogP contribution is 2.14. The lowest BCUT2D eigenvalue weighted by atomic mass is 10.2. The van der Waals surface area contributed by atoms with Gasteiger partial charge in [0.15, 0.2) is 0 Å². The average molecular weight is 291 g/mol. The van der Waals surface area contributed by atoms with E-state index in [1.54, 1.807) is 9.80 Å². The summed E-state index contributed by atoms with van der Waals surface area (Å²) >= 11 is 0. The van der Waals surface area contributed by atoms with Crippen molar-refractivity contribution in [1.29, 1.82) is 0 Å². The van der Waals surface area contributed by atoms with Crippen LogP contribution in [0.4, 0.5) is 10.5 Å². The van der Waals surface area contributed by atoms with E-state index in [2.05, 4.69) is 5.32 Å². The Morgan fingerprint density at radius 1 is 1.33 bits per heavy atom. The van der Waals surface area contributed by atoms with Crippen LogP contribution in [0, 0.1) is 0 Å². The Balaban J connectivity index is 1.68. The van der Waals surface area contributed by atoms with Crippen molar-refractivity contribution in [3.8, 4) is 0 Å². The van der Waals surface area contributed by atoms with Crippen LogP contribution in [0.1, 0.15) is 0 Å². The van der Waals surface area contributed by atoms with Crippen molar-refractivity contribution in [1.82, 2.24) is 19.7 Å². The fourth-order valence-electron chi connectivity index (χ4n) is 2.75. The van der Waals surface area contributed by atoms with E-state index in [-0.39, 0.29) is 30.1 Å². The summed E-state index contributed by atoms with van der Waals surface area (Å²) < 4.78 is 1.31. The largest absolute Gasteiger partial charge is 0.398 e. The van der Waals surface area contributed by atoms with Crippen molar-refractivity contribution in [3.05, 3.63) is 28.7 Å². The topological polar surface area (TPSA) is 101 Å². The molecule has 3 amide bonds. The lowest BCUT2D eigenvalue weighted by Crippen LogP contribution is -2.54. The van der Waals surface area contributed by atoms with Crippen LogP contribution in [-0.4, -0.2) is 58.5 Å². The second-order valence-electron chi connectivity index (χ2n) is 5.30. The first-order valence-electron chi connectivity index (χ1n) is 6.83. The summed E-state index contributed by atoms with van der Waals surface area (Å²) in [6.45, 7) is 2.03. The second kappa shape index (κ2) is 5.12. The van der Waals surface area contributed by atoms with Crippen molar-refractivity contribution < 1.29 is 9.59 Å². The van der Waals surface area contributed by atoms with Gasteiger partial charge in [-0.05, 0) is 6.07 Å². The van der Waals surface area contributed by atoms with Gasteiger partial charge in [0, 0.05) is 44.1 Å². The Hall–Kier alpha value is -2.51. The first kappa shape index (κ1) is 13.5. The fourth-order valence-corrected chi connectivity index (χ4v) is 2.75. The molecule has 1 aromatic heterocycles. The summed E-state index contributed by atoms with van der Waals surface area (Å²) in [6.07, 6.45) is 1.47. The molecule has 0 radical (unpaired) electrons. The summed E-state index contributed by atoms with van der Waals surface area (Å²) in [4.78, 5) is 38.9. The molecule has 0 spiro atoms. The maximum absolute atomic E-state index is 12.3. The highest BCUT2D eigenvalue weighted by molar-refractivity contribution is 5.79. The van der Waals surface area contributed by atoms with Crippen molar-refractivity contribution in [2.75, 3.05) is 31.9 Å². The summed E-state index contributed by atoms with van der Waals surface area (Å²) in [5.41, 5.74) is 5.82. The van der Waals surface area contributed by atoms with E-state index in [0.29, 0.717) is 31.9 Å². The highest BCUT2D eigenvalue weighted by atomic mass is 16.2. The second-order valence-corrected chi connectivity index (χ2v) is 5.30. The molecular weight excluding hydrogens is 274 g/mol. The molecule has 0 saturated carbocycles. The van der Waals surface area contributed by atoms with Crippen molar-refractivity contribution in [3.63, 3.8) is 0 Å². The molecule has 8 heteroatoms. The molecule has 3 N–H and O–H groups in total. The smallest absolute Gasteiger partial charge is 0.317 e. The van der Waals surface area contributed by atoms with Crippen molar-refractivity contribution in [2.45, 2.75) is 12.6 Å². The number of nitrogens with one attached hydrogen (secondary N) is 1. The number of nitrogens with two attached hydrogens (primary N) is 1. The lowest BCUT2D eigenvalue weighted by molar-refractivity contribution is -0.134. The van der Waals surface area contributed by atoms with Crippen molar-refractivity contribution in [2.24, 2.45) is 0 Å². The number of anilines is 1. The minimum absolute atomic E-state index is 0.0211. The van der Waals surface area contributed by atoms with Gasteiger partial charge >= 0.3 is 6.03 Å².